The van der Waals surface area contributed by atoms with Crippen LogP contribution in [0.25, 0.3) is 0 Å². The van der Waals surface area contributed by atoms with Gasteiger partial charge < -0.3 is 16.4 Å². The van der Waals surface area contributed by atoms with Crippen LogP contribution in [0.1, 0.15) is 12.0 Å². The number of amides is 2. The fourth-order valence-electron chi connectivity index (χ4n) is 2.47. The van der Waals surface area contributed by atoms with Gasteiger partial charge in [-0.05, 0) is 12.0 Å². The summed E-state index contributed by atoms with van der Waals surface area (Å²) in [7, 11) is 0. The summed E-state index contributed by atoms with van der Waals surface area (Å²) in [5, 5.41) is 5.41. The minimum atomic E-state index is -0.317. The third kappa shape index (κ3) is 5.17. The molecule has 1 aromatic carbocycles. The number of benzene rings is 1. The molecule has 2 rings (SSSR count). The lowest BCUT2D eigenvalue weighted by molar-refractivity contribution is -0.125. The van der Waals surface area contributed by atoms with Crippen molar-refractivity contribution >= 4 is 11.8 Å². The van der Waals surface area contributed by atoms with Gasteiger partial charge in [-0.3, -0.25) is 14.5 Å². The third-order valence-corrected chi connectivity index (χ3v) is 3.52. The van der Waals surface area contributed by atoms with E-state index in [4.69, 9.17) is 5.73 Å². The molecule has 1 aromatic rings. The van der Waals surface area contributed by atoms with E-state index in [0.717, 1.165) is 26.1 Å². The van der Waals surface area contributed by atoms with Crippen molar-refractivity contribution in [3.8, 4) is 0 Å². The van der Waals surface area contributed by atoms with Crippen LogP contribution in [0.4, 0.5) is 0 Å². The van der Waals surface area contributed by atoms with E-state index in [1.165, 1.54) is 5.56 Å². The first-order chi connectivity index (χ1) is 10.2. The van der Waals surface area contributed by atoms with Gasteiger partial charge in [0.25, 0.3) is 0 Å². The number of hydrogen-bond donors (Lipinski definition) is 3. The van der Waals surface area contributed by atoms with Crippen molar-refractivity contribution in [1.29, 1.82) is 0 Å². The van der Waals surface area contributed by atoms with Crippen LogP contribution in [-0.4, -0.2) is 48.9 Å². The molecule has 2 amide bonds. The molecule has 0 spiro atoms. The maximum absolute atomic E-state index is 11.7. The van der Waals surface area contributed by atoms with Crippen molar-refractivity contribution in [2.75, 3.05) is 26.2 Å². The van der Waals surface area contributed by atoms with E-state index in [9.17, 15) is 9.59 Å². The number of hydrogen-bond acceptors (Lipinski definition) is 4. The highest BCUT2D eigenvalue weighted by molar-refractivity contribution is 5.85. The molecule has 0 aliphatic carbocycles. The number of likely N-dealkylation sites (tertiary alicyclic amines) is 1. The Morgan fingerprint density at radius 1 is 1.24 bits per heavy atom. The molecule has 6 nitrogen and oxygen atoms in total. The lowest BCUT2D eigenvalue weighted by Crippen LogP contribution is -2.44. The summed E-state index contributed by atoms with van der Waals surface area (Å²) in [6, 6.07) is 10.4. The molecule has 114 valence electrons. The van der Waals surface area contributed by atoms with Gasteiger partial charge >= 0.3 is 0 Å². The van der Waals surface area contributed by atoms with Crippen LogP contribution in [0, 0.1) is 0 Å². The molecule has 4 N–H and O–H groups in total. The fraction of sp³-hybridized carbons (Fsp3) is 0.467. The summed E-state index contributed by atoms with van der Waals surface area (Å²) < 4.78 is 0. The molecular formula is C15H22N4O2. The molecule has 0 radical (unpaired) electrons. The molecule has 0 saturated carbocycles. The smallest absolute Gasteiger partial charge is 0.239 e. The van der Waals surface area contributed by atoms with E-state index in [2.05, 4.69) is 27.7 Å². The number of nitrogens with one attached hydrogen (secondary N) is 2. The van der Waals surface area contributed by atoms with Crippen molar-refractivity contribution in [2.24, 2.45) is 5.73 Å². The highest BCUT2D eigenvalue weighted by atomic mass is 16.2. The molecule has 1 saturated heterocycles. The van der Waals surface area contributed by atoms with Crippen molar-refractivity contribution in [3.63, 3.8) is 0 Å². The average molecular weight is 290 g/mol. The van der Waals surface area contributed by atoms with Crippen molar-refractivity contribution in [2.45, 2.75) is 19.0 Å². The molecule has 0 aromatic heterocycles. The van der Waals surface area contributed by atoms with Crippen LogP contribution in [0.15, 0.2) is 30.3 Å². The van der Waals surface area contributed by atoms with E-state index in [-0.39, 0.29) is 30.9 Å². The molecule has 1 fully saturated rings. The minimum absolute atomic E-state index is 0.00871. The van der Waals surface area contributed by atoms with Gasteiger partial charge in [0.15, 0.2) is 0 Å². The Morgan fingerprint density at radius 2 is 2.00 bits per heavy atom. The largest absolute Gasteiger partial charge is 0.350 e. The number of nitrogens with two attached hydrogens (primary N) is 1. The van der Waals surface area contributed by atoms with Gasteiger partial charge in [-0.15, -0.1) is 0 Å². The van der Waals surface area contributed by atoms with Crippen LogP contribution in [0.3, 0.4) is 0 Å². The van der Waals surface area contributed by atoms with E-state index >= 15 is 0 Å². The van der Waals surface area contributed by atoms with Gasteiger partial charge in [0.05, 0.1) is 13.1 Å². The Hall–Kier alpha value is -1.92. The predicted molar refractivity (Wildman–Crippen MR) is 80.3 cm³/mol. The number of carbonyl (C=O) groups excluding carboxylic acids is 2. The standard InChI is InChI=1S/C15H22N4O2/c16-8-14(20)17-9-15(21)18-13-6-7-19(11-13)10-12-4-2-1-3-5-12/h1-5,13H,6-11,16H2,(H,17,20)(H,18,21). The Labute approximate surface area is 124 Å². The van der Waals surface area contributed by atoms with Gasteiger partial charge in [-0.25, -0.2) is 0 Å². The second-order valence-corrected chi connectivity index (χ2v) is 5.25. The first-order valence-electron chi connectivity index (χ1n) is 7.20. The van der Waals surface area contributed by atoms with E-state index < -0.39 is 0 Å². The lowest BCUT2D eigenvalue weighted by Gasteiger charge is -2.17. The SMILES string of the molecule is NCC(=O)NCC(=O)NC1CCN(Cc2ccccc2)C1. The maximum atomic E-state index is 11.7. The van der Waals surface area contributed by atoms with Crippen molar-refractivity contribution in [3.05, 3.63) is 35.9 Å². The summed E-state index contributed by atoms with van der Waals surface area (Å²) in [5.41, 5.74) is 6.44. The minimum Gasteiger partial charge on any atom is -0.350 e. The van der Waals surface area contributed by atoms with Crippen molar-refractivity contribution in [1.82, 2.24) is 15.5 Å². The Morgan fingerprint density at radius 3 is 2.71 bits per heavy atom. The van der Waals surface area contributed by atoms with Gasteiger partial charge in [-0.1, -0.05) is 30.3 Å². The zero-order chi connectivity index (χ0) is 15.1. The van der Waals surface area contributed by atoms with Crippen LogP contribution in [0.5, 0.6) is 0 Å². The van der Waals surface area contributed by atoms with E-state index in [1.807, 2.05) is 18.2 Å². The van der Waals surface area contributed by atoms with Crippen LogP contribution in [-0.2, 0) is 16.1 Å². The lowest BCUT2D eigenvalue weighted by atomic mass is 10.2. The summed E-state index contributed by atoms with van der Waals surface area (Å²) in [5.74, 6) is -0.481. The average Bonchev–Trinajstić information content (AvgIpc) is 2.92. The first kappa shape index (κ1) is 15.5. The normalized spacial score (nSPS) is 18.4. The molecule has 1 aliphatic rings. The van der Waals surface area contributed by atoms with Gasteiger partial charge in [0, 0.05) is 25.7 Å². The fourth-order valence-corrected chi connectivity index (χ4v) is 2.47. The Kier molecular flexibility index (Phi) is 5.71. The topological polar surface area (TPSA) is 87.5 Å². The molecule has 1 aliphatic heterocycles. The summed E-state index contributed by atoms with van der Waals surface area (Å²) in [6.07, 6.45) is 0.934. The zero-order valence-corrected chi connectivity index (χ0v) is 12.0. The summed E-state index contributed by atoms with van der Waals surface area (Å²) in [4.78, 5) is 25.0. The van der Waals surface area contributed by atoms with Crippen LogP contribution >= 0.6 is 0 Å². The molecule has 0 bridgehead atoms. The third-order valence-electron chi connectivity index (χ3n) is 3.52. The number of rotatable bonds is 6. The second-order valence-electron chi connectivity index (χ2n) is 5.25. The molecule has 1 unspecified atom stereocenters. The molecule has 21 heavy (non-hydrogen) atoms. The van der Waals surface area contributed by atoms with Gasteiger partial charge in [0.1, 0.15) is 0 Å². The monoisotopic (exact) mass is 290 g/mol. The second kappa shape index (κ2) is 7.75. The molecular weight excluding hydrogens is 268 g/mol. The van der Waals surface area contributed by atoms with E-state index in [1.54, 1.807) is 0 Å². The quantitative estimate of drug-likeness (QED) is 0.656. The van der Waals surface area contributed by atoms with Gasteiger partial charge in [0.2, 0.25) is 11.8 Å². The Bertz CT molecular complexity index is 478. The molecule has 1 heterocycles. The summed E-state index contributed by atoms with van der Waals surface area (Å²) in [6.45, 7) is 2.60. The van der Waals surface area contributed by atoms with Crippen LogP contribution < -0.4 is 16.4 Å². The number of carbonyl (C=O) groups is 2. The van der Waals surface area contributed by atoms with Crippen LogP contribution in [0.2, 0.25) is 0 Å². The highest BCUT2D eigenvalue weighted by Crippen LogP contribution is 2.13. The maximum Gasteiger partial charge on any atom is 0.239 e. The van der Waals surface area contributed by atoms with Gasteiger partial charge in [-0.2, -0.15) is 0 Å². The highest BCUT2D eigenvalue weighted by Gasteiger charge is 2.23. The first-order valence-corrected chi connectivity index (χ1v) is 7.20. The molecule has 6 heteroatoms. The molecule has 1 atom stereocenters. The van der Waals surface area contributed by atoms with Crippen molar-refractivity contribution < 1.29 is 9.59 Å². The summed E-state index contributed by atoms with van der Waals surface area (Å²) >= 11 is 0. The predicted octanol–water partition coefficient (Wildman–Crippen LogP) is -0.548. The zero-order valence-electron chi connectivity index (χ0n) is 12.0. The Balaban J connectivity index is 1.70. The number of nitrogens with zero attached hydrogens (tertiary/aromatic N) is 1. The van der Waals surface area contributed by atoms with E-state index in [0.29, 0.717) is 0 Å².